The van der Waals surface area contributed by atoms with Gasteiger partial charge in [-0.05, 0) is 46.1 Å². The van der Waals surface area contributed by atoms with Gasteiger partial charge in [0.1, 0.15) is 10.6 Å². The number of nitrogens with one attached hydrogen (secondary N) is 1. The first-order valence-electron chi connectivity index (χ1n) is 15.3. The van der Waals surface area contributed by atoms with E-state index in [1.54, 1.807) is 11.8 Å². The molecule has 0 saturated heterocycles. The van der Waals surface area contributed by atoms with Crippen molar-refractivity contribution >= 4 is 34.3 Å². The van der Waals surface area contributed by atoms with Gasteiger partial charge in [0.2, 0.25) is 5.91 Å². The monoisotopic (exact) mass is 564 g/mol. The van der Waals surface area contributed by atoms with Gasteiger partial charge in [0.05, 0.1) is 18.7 Å². The predicted molar refractivity (Wildman–Crippen MR) is 160 cm³/mol. The smallest absolute Gasteiger partial charge is 0.410 e. The molecule has 0 aromatic carbocycles. The minimum absolute atomic E-state index is 0.0776. The van der Waals surface area contributed by atoms with Crippen LogP contribution in [0.5, 0.6) is 0 Å². The molecule has 0 bridgehead atoms. The van der Waals surface area contributed by atoms with Crippen LogP contribution >= 0.6 is 11.3 Å². The van der Waals surface area contributed by atoms with Crippen LogP contribution in [0.4, 0.5) is 9.80 Å². The van der Waals surface area contributed by atoms with Crippen LogP contribution in [0.25, 0.3) is 0 Å². The molecule has 1 aromatic rings. The molecule has 2 amide bonds. The Morgan fingerprint density at radius 1 is 0.872 bits per heavy atom. The lowest BCUT2D eigenvalue weighted by molar-refractivity contribution is -0.116. The number of unbranched alkanes of at least 4 members (excludes halogenated alkanes) is 12. The molecule has 8 heteroatoms. The largest absolute Gasteiger partial charge is 0.462 e. The standard InChI is InChI=1S/C31H52N2O5S/c1-6-8-9-10-11-12-13-14-15-16-17-18-19-20-26(34)32-28-27(29(35)37-7-2)24-21-22-33(23-25(24)39-28)30(36)38-31(3,4)5/h6-23H2,1-5H3,(H,32,34). The highest BCUT2D eigenvalue weighted by molar-refractivity contribution is 7.17. The van der Waals surface area contributed by atoms with E-state index in [-0.39, 0.29) is 18.6 Å². The number of rotatable bonds is 17. The van der Waals surface area contributed by atoms with Gasteiger partial charge in [-0.15, -0.1) is 11.3 Å². The Bertz CT molecular complexity index is 906. The fourth-order valence-corrected chi connectivity index (χ4v) is 6.15. The summed E-state index contributed by atoms with van der Waals surface area (Å²) in [7, 11) is 0. The first kappa shape index (κ1) is 33.1. The SMILES string of the molecule is CCCCCCCCCCCCCCCC(=O)Nc1sc2c(c1C(=O)OCC)CCN(C(=O)OC(C)(C)C)C2. The number of thiophene rings is 1. The molecule has 0 radical (unpaired) electrons. The van der Waals surface area contributed by atoms with Crippen LogP contribution in [0, 0.1) is 0 Å². The number of anilines is 1. The molecule has 0 atom stereocenters. The Kier molecular flexibility index (Phi) is 14.9. The summed E-state index contributed by atoms with van der Waals surface area (Å²) in [5.41, 5.74) is 0.740. The molecule has 1 aromatic heterocycles. The molecular weight excluding hydrogens is 512 g/mol. The number of hydrogen-bond acceptors (Lipinski definition) is 6. The minimum atomic E-state index is -0.574. The fraction of sp³-hybridized carbons (Fsp3) is 0.774. The Morgan fingerprint density at radius 2 is 1.44 bits per heavy atom. The van der Waals surface area contributed by atoms with E-state index in [1.165, 1.54) is 75.5 Å². The van der Waals surface area contributed by atoms with Crippen molar-refractivity contribution in [2.45, 2.75) is 143 Å². The lowest BCUT2D eigenvalue weighted by atomic mass is 10.0. The highest BCUT2D eigenvalue weighted by Crippen LogP contribution is 2.38. The molecule has 1 aliphatic rings. The van der Waals surface area contributed by atoms with Crippen LogP contribution in [0.2, 0.25) is 0 Å². The quantitative estimate of drug-likeness (QED) is 0.151. The molecule has 39 heavy (non-hydrogen) atoms. The van der Waals surface area contributed by atoms with Crippen molar-refractivity contribution < 1.29 is 23.9 Å². The number of nitrogens with zero attached hydrogens (tertiary/aromatic N) is 1. The van der Waals surface area contributed by atoms with Gasteiger partial charge in [0, 0.05) is 17.8 Å². The van der Waals surface area contributed by atoms with Gasteiger partial charge >= 0.3 is 12.1 Å². The molecule has 1 N–H and O–H groups in total. The zero-order valence-corrected chi connectivity index (χ0v) is 25.9. The van der Waals surface area contributed by atoms with E-state index in [0.717, 1.165) is 29.7 Å². The lowest BCUT2D eigenvalue weighted by Gasteiger charge is -2.30. The van der Waals surface area contributed by atoms with E-state index in [2.05, 4.69) is 12.2 Å². The van der Waals surface area contributed by atoms with Crippen molar-refractivity contribution in [3.8, 4) is 0 Å². The maximum atomic E-state index is 12.8. The maximum Gasteiger partial charge on any atom is 0.410 e. The van der Waals surface area contributed by atoms with Crippen LogP contribution in [-0.4, -0.2) is 41.6 Å². The molecule has 1 aliphatic heterocycles. The van der Waals surface area contributed by atoms with Crippen LogP contribution in [0.3, 0.4) is 0 Å². The Labute approximate surface area is 240 Å². The zero-order valence-electron chi connectivity index (χ0n) is 25.1. The summed E-state index contributed by atoms with van der Waals surface area (Å²) in [5, 5.41) is 3.51. The second kappa shape index (κ2) is 17.6. The number of amides is 2. The molecule has 0 saturated carbocycles. The number of fused-ring (bicyclic) bond motifs is 1. The topological polar surface area (TPSA) is 84.9 Å². The highest BCUT2D eigenvalue weighted by atomic mass is 32.1. The normalized spacial score (nSPS) is 13.2. The average molecular weight is 565 g/mol. The fourth-order valence-electron chi connectivity index (χ4n) is 4.89. The molecule has 2 heterocycles. The minimum Gasteiger partial charge on any atom is -0.462 e. The summed E-state index contributed by atoms with van der Waals surface area (Å²) in [4.78, 5) is 40.7. The van der Waals surface area contributed by atoms with Crippen molar-refractivity contribution in [3.63, 3.8) is 0 Å². The van der Waals surface area contributed by atoms with Crippen molar-refractivity contribution in [2.24, 2.45) is 0 Å². The van der Waals surface area contributed by atoms with Crippen molar-refractivity contribution in [2.75, 3.05) is 18.5 Å². The molecule has 0 spiro atoms. The first-order valence-corrected chi connectivity index (χ1v) is 16.1. The van der Waals surface area contributed by atoms with Gasteiger partial charge in [0.15, 0.2) is 0 Å². The molecule has 222 valence electrons. The molecule has 2 rings (SSSR count). The highest BCUT2D eigenvalue weighted by Gasteiger charge is 2.32. The zero-order chi connectivity index (χ0) is 28.7. The number of ether oxygens (including phenoxy) is 2. The van der Waals surface area contributed by atoms with E-state index in [4.69, 9.17) is 9.47 Å². The molecule has 0 aliphatic carbocycles. The second-order valence-corrected chi connectivity index (χ2v) is 12.7. The van der Waals surface area contributed by atoms with Crippen LogP contribution in [0.1, 0.15) is 145 Å². The van der Waals surface area contributed by atoms with Gasteiger partial charge in [0.25, 0.3) is 0 Å². The Morgan fingerprint density at radius 3 is 1.97 bits per heavy atom. The van der Waals surface area contributed by atoms with Gasteiger partial charge in [-0.25, -0.2) is 9.59 Å². The maximum absolute atomic E-state index is 12.8. The summed E-state index contributed by atoms with van der Waals surface area (Å²) >= 11 is 1.36. The van der Waals surface area contributed by atoms with Crippen molar-refractivity contribution in [1.82, 2.24) is 4.90 Å². The van der Waals surface area contributed by atoms with Crippen LogP contribution in [0.15, 0.2) is 0 Å². The van der Waals surface area contributed by atoms with E-state index in [0.29, 0.717) is 36.5 Å². The predicted octanol–water partition coefficient (Wildman–Crippen LogP) is 8.64. The van der Waals surface area contributed by atoms with Crippen LogP contribution in [-0.2, 0) is 27.2 Å². The third kappa shape index (κ3) is 12.3. The van der Waals surface area contributed by atoms with Gasteiger partial charge in [-0.2, -0.15) is 0 Å². The van der Waals surface area contributed by atoms with E-state index in [9.17, 15) is 14.4 Å². The second-order valence-electron chi connectivity index (χ2n) is 11.6. The summed E-state index contributed by atoms with van der Waals surface area (Å²) in [6.45, 7) is 10.6. The van der Waals surface area contributed by atoms with Crippen molar-refractivity contribution in [3.05, 3.63) is 16.0 Å². The molecular formula is C31H52N2O5S. The summed E-state index contributed by atoms with van der Waals surface area (Å²) in [6, 6.07) is 0. The summed E-state index contributed by atoms with van der Waals surface area (Å²) in [6.07, 6.45) is 17.0. The van der Waals surface area contributed by atoms with E-state index >= 15 is 0 Å². The number of esters is 1. The average Bonchev–Trinajstić information content (AvgIpc) is 3.22. The van der Waals surface area contributed by atoms with Gasteiger partial charge < -0.3 is 19.7 Å². The first-order chi connectivity index (χ1) is 18.7. The number of carbonyl (C=O) groups is 3. The van der Waals surface area contributed by atoms with Crippen molar-refractivity contribution in [1.29, 1.82) is 0 Å². The molecule has 0 unspecified atom stereocenters. The summed E-state index contributed by atoms with van der Waals surface area (Å²) < 4.78 is 10.8. The van der Waals surface area contributed by atoms with Crippen LogP contribution < -0.4 is 5.32 Å². The number of carbonyl (C=O) groups excluding carboxylic acids is 3. The van der Waals surface area contributed by atoms with Gasteiger partial charge in [-0.3, -0.25) is 4.79 Å². The Balaban J connectivity index is 1.78. The third-order valence-electron chi connectivity index (χ3n) is 6.95. The van der Waals surface area contributed by atoms with Gasteiger partial charge in [-0.1, -0.05) is 84.0 Å². The molecule has 7 nitrogen and oxygen atoms in total. The van der Waals surface area contributed by atoms with E-state index < -0.39 is 11.6 Å². The third-order valence-corrected chi connectivity index (χ3v) is 8.08. The number of hydrogen-bond donors (Lipinski definition) is 1. The lowest BCUT2D eigenvalue weighted by Crippen LogP contribution is -2.39. The molecule has 0 fully saturated rings. The Hall–Kier alpha value is -2.09. The van der Waals surface area contributed by atoms with E-state index in [1.807, 2.05) is 20.8 Å². The summed E-state index contributed by atoms with van der Waals surface area (Å²) in [5.74, 6) is -0.497.